The van der Waals surface area contributed by atoms with Gasteiger partial charge in [-0.3, -0.25) is 43.8 Å². The number of carboxylic acid groups (broad SMARTS) is 1. The number of unbranched alkanes of at least 4 members (excludes halogenated alkanes) is 2. The van der Waals surface area contributed by atoms with Gasteiger partial charge >= 0.3 is 11.9 Å². The molecule has 2 aliphatic heterocycles. The van der Waals surface area contributed by atoms with Crippen LogP contribution in [0.5, 0.6) is 0 Å². The van der Waals surface area contributed by atoms with E-state index in [-0.39, 0.29) is 61.6 Å². The Morgan fingerprint density at radius 3 is 1.72 bits per heavy atom. The van der Waals surface area contributed by atoms with E-state index in [2.05, 4.69) is 10.6 Å². The van der Waals surface area contributed by atoms with E-state index in [0.717, 1.165) is 17.7 Å². The number of amides is 5. The number of ether oxygens (including phenoxy) is 8. The molecule has 0 spiro atoms. The molecule has 1 saturated heterocycles. The fourth-order valence-electron chi connectivity index (χ4n) is 5.53. The van der Waals surface area contributed by atoms with Crippen LogP contribution in [0.2, 0.25) is 0 Å². The number of piperidine rings is 1. The van der Waals surface area contributed by atoms with Crippen LogP contribution >= 0.6 is 0 Å². The van der Waals surface area contributed by atoms with Gasteiger partial charge in [-0.25, -0.2) is 4.79 Å². The number of anilines is 1. The Morgan fingerprint density at radius 1 is 0.655 bits per heavy atom. The van der Waals surface area contributed by atoms with Gasteiger partial charge in [-0.15, -0.1) is 0 Å². The molecule has 2 aliphatic rings. The molecular formula is C38H53N3O17. The van der Waals surface area contributed by atoms with Crippen LogP contribution in [0.3, 0.4) is 0 Å². The zero-order valence-electron chi connectivity index (χ0n) is 32.5. The zero-order chi connectivity index (χ0) is 42.0. The van der Waals surface area contributed by atoms with E-state index >= 15 is 0 Å². The number of ketones is 1. The van der Waals surface area contributed by atoms with Crippen molar-refractivity contribution in [1.82, 2.24) is 10.2 Å². The average Bonchev–Trinajstić information content (AvgIpc) is 3.45. The van der Waals surface area contributed by atoms with Gasteiger partial charge in [0.2, 0.25) is 23.5 Å². The molecule has 20 nitrogen and oxygen atoms in total. The fourth-order valence-corrected chi connectivity index (χ4v) is 5.53. The number of fused-ring (bicyclic) bond motifs is 1. The summed E-state index contributed by atoms with van der Waals surface area (Å²) in [5, 5.41) is 13.3. The second-order valence-electron chi connectivity index (χ2n) is 12.8. The topological polar surface area (TPSA) is 258 Å². The van der Waals surface area contributed by atoms with E-state index in [9.17, 15) is 38.4 Å². The highest BCUT2D eigenvalue weighted by molar-refractivity contribution is 6.32. The maximum Gasteiger partial charge on any atom is 0.372 e. The molecule has 1 atom stereocenters. The molecule has 0 radical (unpaired) electrons. The molecule has 1 unspecified atom stereocenters. The largest absolute Gasteiger partial charge is 0.476 e. The highest BCUT2D eigenvalue weighted by atomic mass is 16.6. The predicted molar refractivity (Wildman–Crippen MR) is 199 cm³/mol. The first-order chi connectivity index (χ1) is 28.1. The van der Waals surface area contributed by atoms with Crippen molar-refractivity contribution in [2.75, 3.05) is 104 Å². The van der Waals surface area contributed by atoms with Crippen LogP contribution in [0.1, 0.15) is 72.1 Å². The summed E-state index contributed by atoms with van der Waals surface area (Å²) >= 11 is 0. The van der Waals surface area contributed by atoms with E-state index in [1.165, 1.54) is 12.1 Å². The number of benzene rings is 1. The Bertz CT molecular complexity index is 1540. The molecule has 3 N–H and O–H groups in total. The van der Waals surface area contributed by atoms with Gasteiger partial charge in [0, 0.05) is 25.9 Å². The predicted octanol–water partition coefficient (Wildman–Crippen LogP) is 0.680. The Hall–Kier alpha value is -4.70. The number of nitrogens with one attached hydrogen (secondary N) is 2. The van der Waals surface area contributed by atoms with E-state index in [4.69, 9.17) is 43.0 Å². The number of esters is 1. The van der Waals surface area contributed by atoms with Crippen molar-refractivity contribution in [2.45, 2.75) is 57.4 Å². The van der Waals surface area contributed by atoms with Crippen molar-refractivity contribution in [2.24, 2.45) is 0 Å². The summed E-state index contributed by atoms with van der Waals surface area (Å²) in [5.41, 5.74) is 0.344. The molecule has 1 aromatic rings. The molecule has 1 aromatic carbocycles. The van der Waals surface area contributed by atoms with Gasteiger partial charge in [-0.2, -0.15) is 0 Å². The van der Waals surface area contributed by atoms with Gasteiger partial charge in [0.25, 0.3) is 11.8 Å². The molecule has 0 aromatic heterocycles. The summed E-state index contributed by atoms with van der Waals surface area (Å²) in [6.45, 7) is 5.35. The lowest BCUT2D eigenvalue weighted by Crippen LogP contribution is -2.54. The van der Waals surface area contributed by atoms with E-state index in [0.29, 0.717) is 92.3 Å². The first kappa shape index (κ1) is 47.7. The number of hydrogen-bond donors (Lipinski definition) is 3. The molecule has 3 rings (SSSR count). The third kappa shape index (κ3) is 17.8. The molecule has 0 aliphatic carbocycles. The lowest BCUT2D eigenvalue weighted by Gasteiger charge is -2.27. The minimum atomic E-state index is -1.58. The van der Waals surface area contributed by atoms with E-state index in [1.807, 2.05) is 0 Å². The van der Waals surface area contributed by atoms with Crippen LogP contribution in [0.25, 0.3) is 0 Å². The number of nitrogens with zero attached hydrogens (tertiary/aromatic N) is 1. The van der Waals surface area contributed by atoms with E-state index < -0.39 is 53.8 Å². The maximum absolute atomic E-state index is 13.2. The standard InChI is InChI=1S/C38H53N3O17/c42-30(38(49)50)9-11-33(45)58-26-25-57-24-23-56-22-21-55-20-19-54-18-17-53-16-15-52-14-13-51-12-3-1-2-7-31(43)39-28-6-4-5-27-34(28)37(48)41(36(27)47)29-8-10-32(44)40-35(29)46/h4-6,29H,1-3,7-26H2,(H,39,43)(H,49,50)(H,40,44,46). The summed E-state index contributed by atoms with van der Waals surface area (Å²) in [6, 6.07) is 3.48. The molecule has 0 saturated carbocycles. The summed E-state index contributed by atoms with van der Waals surface area (Å²) < 4.78 is 42.9. The third-order valence-corrected chi connectivity index (χ3v) is 8.45. The number of carbonyl (C=O) groups excluding carboxylic acids is 7. The second-order valence-corrected chi connectivity index (χ2v) is 12.8. The minimum Gasteiger partial charge on any atom is -0.476 e. The summed E-state index contributed by atoms with van der Waals surface area (Å²) in [7, 11) is 0. The van der Waals surface area contributed by atoms with Gasteiger partial charge in [0.05, 0.1) is 109 Å². The summed E-state index contributed by atoms with van der Waals surface area (Å²) in [4.78, 5) is 96.2. The molecule has 20 heteroatoms. The van der Waals surface area contributed by atoms with Crippen molar-refractivity contribution in [3.8, 4) is 0 Å². The number of imide groups is 2. The normalized spacial score (nSPS) is 15.0. The van der Waals surface area contributed by atoms with E-state index in [1.54, 1.807) is 6.07 Å². The molecule has 1 fully saturated rings. The van der Waals surface area contributed by atoms with Gasteiger partial charge in [0.15, 0.2) is 0 Å². The number of aliphatic carboxylic acids is 1. The van der Waals surface area contributed by atoms with Crippen LogP contribution in [0, 0.1) is 0 Å². The Labute approximate surface area is 335 Å². The number of rotatable bonds is 33. The lowest BCUT2D eigenvalue weighted by atomic mass is 10.0. The van der Waals surface area contributed by atoms with Crippen molar-refractivity contribution in [3.05, 3.63) is 29.3 Å². The van der Waals surface area contributed by atoms with Crippen LogP contribution in [0.4, 0.5) is 5.69 Å². The highest BCUT2D eigenvalue weighted by Crippen LogP contribution is 2.32. The van der Waals surface area contributed by atoms with Gasteiger partial charge in [-0.1, -0.05) is 12.5 Å². The number of carboxylic acids is 1. The van der Waals surface area contributed by atoms with Gasteiger partial charge < -0.3 is 48.3 Å². The van der Waals surface area contributed by atoms with Gasteiger partial charge in [-0.05, 0) is 31.4 Å². The molecule has 0 bridgehead atoms. The third-order valence-electron chi connectivity index (χ3n) is 8.45. The smallest absolute Gasteiger partial charge is 0.372 e. The minimum absolute atomic E-state index is 0.00608. The van der Waals surface area contributed by atoms with Crippen molar-refractivity contribution >= 4 is 52.9 Å². The summed E-state index contributed by atoms with van der Waals surface area (Å²) in [5.74, 6) is -6.06. The van der Waals surface area contributed by atoms with Crippen LogP contribution < -0.4 is 10.6 Å². The number of carbonyl (C=O) groups is 8. The monoisotopic (exact) mass is 823 g/mol. The number of hydrogen-bond acceptors (Lipinski definition) is 16. The Kier molecular flexibility index (Phi) is 22.9. The molecule has 5 amide bonds. The first-order valence-corrected chi connectivity index (χ1v) is 19.2. The van der Waals surface area contributed by atoms with Crippen LogP contribution in [-0.2, 0) is 66.7 Å². The quantitative estimate of drug-likeness (QED) is 0.0381. The lowest BCUT2D eigenvalue weighted by molar-refractivity contribution is -0.151. The molecule has 322 valence electrons. The molecule has 2 heterocycles. The molecular weight excluding hydrogens is 770 g/mol. The second kappa shape index (κ2) is 27.9. The van der Waals surface area contributed by atoms with Crippen LogP contribution in [0.15, 0.2) is 18.2 Å². The fraction of sp³-hybridized carbons (Fsp3) is 0.632. The van der Waals surface area contributed by atoms with Crippen molar-refractivity contribution in [3.63, 3.8) is 0 Å². The van der Waals surface area contributed by atoms with Crippen molar-refractivity contribution < 1.29 is 81.4 Å². The summed E-state index contributed by atoms with van der Waals surface area (Å²) in [6.07, 6.45) is 1.67. The van der Waals surface area contributed by atoms with Crippen molar-refractivity contribution in [1.29, 1.82) is 0 Å². The Balaban J connectivity index is 1.04. The first-order valence-electron chi connectivity index (χ1n) is 19.2. The average molecular weight is 824 g/mol. The highest BCUT2D eigenvalue weighted by Gasteiger charge is 2.45. The SMILES string of the molecule is O=C1CCC(N2C(=O)c3cccc(NC(=O)CCCCCOCCOCCOCCOCCOCCOCCOCCOC(=O)CCC(=O)C(=O)O)c3C2=O)C(=O)N1. The Morgan fingerprint density at radius 2 is 1.19 bits per heavy atom. The van der Waals surface area contributed by atoms with Crippen LogP contribution in [-0.4, -0.2) is 162 Å². The van der Waals surface area contributed by atoms with Gasteiger partial charge in [0.1, 0.15) is 12.6 Å². The zero-order valence-corrected chi connectivity index (χ0v) is 32.5. The maximum atomic E-state index is 13.2. The number of Topliss-reactive ketones (excluding diaryl/α,β-unsaturated/α-hetero) is 1. The molecule has 58 heavy (non-hydrogen) atoms.